The molecule has 4 nitrogen and oxygen atoms in total. The fourth-order valence-corrected chi connectivity index (χ4v) is 2.66. The summed E-state index contributed by atoms with van der Waals surface area (Å²) in [5.41, 5.74) is 1.17. The Morgan fingerprint density at radius 3 is 2.40 bits per heavy atom. The summed E-state index contributed by atoms with van der Waals surface area (Å²) < 4.78 is 23.5. The van der Waals surface area contributed by atoms with Gasteiger partial charge in [-0.15, -0.1) is 0 Å². The summed E-state index contributed by atoms with van der Waals surface area (Å²) in [7, 11) is 1.59. The molecule has 0 radical (unpaired) electrons. The molecule has 0 aliphatic carbocycles. The van der Waals surface area contributed by atoms with Crippen molar-refractivity contribution < 1.29 is 8.42 Å². The lowest BCUT2D eigenvalue weighted by molar-refractivity contribution is 0.596. The van der Waals surface area contributed by atoms with E-state index in [0.717, 1.165) is 0 Å². The first-order chi connectivity index (χ1) is 6.89. The Morgan fingerprint density at radius 2 is 2.00 bits per heavy atom. The summed E-state index contributed by atoms with van der Waals surface area (Å²) >= 11 is 6.01. The molecule has 0 spiro atoms. The molecule has 0 N–H and O–H groups in total. The van der Waals surface area contributed by atoms with Crippen LogP contribution in [0.1, 0.15) is 25.2 Å². The van der Waals surface area contributed by atoms with Crippen molar-refractivity contribution in [2.45, 2.75) is 32.6 Å². The average molecular weight is 271 g/mol. The van der Waals surface area contributed by atoms with E-state index in [9.17, 15) is 8.42 Å². The second-order valence-corrected chi connectivity index (χ2v) is 6.21. The van der Waals surface area contributed by atoms with Gasteiger partial charge >= 0.3 is 0 Å². The maximum Gasteiger partial charge on any atom is 0.238 e. The predicted molar refractivity (Wildman–Crippen MR) is 60.8 cm³/mol. The summed E-state index contributed by atoms with van der Waals surface area (Å²) in [6, 6.07) is 0. The van der Waals surface area contributed by atoms with E-state index in [1.165, 1.54) is 0 Å². The highest BCUT2D eigenvalue weighted by Crippen LogP contribution is 2.24. The topological polar surface area (TPSA) is 52.0 Å². The normalized spacial score (nSPS) is 12.0. The quantitative estimate of drug-likeness (QED) is 0.789. The van der Waals surface area contributed by atoms with Gasteiger partial charge in [0.1, 0.15) is 5.75 Å². The van der Waals surface area contributed by atoms with E-state index in [2.05, 4.69) is 5.10 Å². The lowest BCUT2D eigenvalue weighted by atomic mass is 10.3. The highest BCUT2D eigenvalue weighted by Gasteiger charge is 2.19. The summed E-state index contributed by atoms with van der Waals surface area (Å²) in [5, 5.41) is 4.60. The zero-order valence-corrected chi connectivity index (χ0v) is 10.8. The van der Waals surface area contributed by atoms with Gasteiger partial charge in [0, 0.05) is 17.2 Å². The zero-order valence-electron chi connectivity index (χ0n) is 8.50. The molecule has 0 aromatic carbocycles. The van der Waals surface area contributed by atoms with Gasteiger partial charge < -0.3 is 0 Å². The van der Waals surface area contributed by atoms with Gasteiger partial charge in [-0.25, -0.2) is 8.42 Å². The number of rotatable bonds is 4. The molecule has 1 heterocycles. The average Bonchev–Trinajstić information content (AvgIpc) is 2.42. The van der Waals surface area contributed by atoms with Crippen LogP contribution in [0.25, 0.3) is 0 Å². The van der Waals surface area contributed by atoms with Gasteiger partial charge in [-0.2, -0.15) is 5.10 Å². The summed E-state index contributed by atoms with van der Waals surface area (Å²) in [6.07, 6.45) is 0.668. The van der Waals surface area contributed by atoms with Gasteiger partial charge in [-0.05, 0) is 13.3 Å². The van der Waals surface area contributed by atoms with Crippen molar-refractivity contribution in [2.75, 3.05) is 0 Å². The van der Waals surface area contributed by atoms with Crippen LogP contribution in [0.3, 0.4) is 0 Å². The van der Waals surface area contributed by atoms with Crippen molar-refractivity contribution in [3.8, 4) is 0 Å². The van der Waals surface area contributed by atoms with E-state index in [1.54, 1.807) is 4.68 Å². The Morgan fingerprint density at radius 1 is 1.40 bits per heavy atom. The first kappa shape index (κ1) is 12.8. The molecule has 15 heavy (non-hydrogen) atoms. The predicted octanol–water partition coefficient (Wildman–Crippen LogP) is 2.19. The standard InChI is InChI=1S/C8H12Cl2N2O2S/c1-3-6-8(9)7(5-15(10,13)14)12(4-2)11-6/h3-5H2,1-2H3. The minimum atomic E-state index is -3.60. The van der Waals surface area contributed by atoms with Crippen LogP contribution in [0.15, 0.2) is 0 Å². The van der Waals surface area contributed by atoms with Gasteiger partial charge in [0.2, 0.25) is 9.05 Å². The van der Waals surface area contributed by atoms with E-state index in [1.807, 2.05) is 13.8 Å². The van der Waals surface area contributed by atoms with E-state index >= 15 is 0 Å². The molecular weight excluding hydrogens is 259 g/mol. The molecule has 0 fully saturated rings. The number of hydrogen-bond acceptors (Lipinski definition) is 3. The Bertz CT molecular complexity index is 453. The van der Waals surface area contributed by atoms with E-state index in [4.69, 9.17) is 22.3 Å². The molecule has 0 aliphatic rings. The van der Waals surface area contributed by atoms with Crippen LogP contribution in [-0.2, 0) is 27.8 Å². The van der Waals surface area contributed by atoms with Crippen LogP contribution in [0.4, 0.5) is 0 Å². The van der Waals surface area contributed by atoms with Crippen LogP contribution >= 0.6 is 22.3 Å². The van der Waals surface area contributed by atoms with Crippen LogP contribution in [0.5, 0.6) is 0 Å². The monoisotopic (exact) mass is 270 g/mol. The largest absolute Gasteiger partial charge is 0.267 e. The highest BCUT2D eigenvalue weighted by atomic mass is 35.7. The van der Waals surface area contributed by atoms with Crippen LogP contribution in [0, 0.1) is 0 Å². The van der Waals surface area contributed by atoms with Gasteiger partial charge in [0.05, 0.1) is 16.4 Å². The fourth-order valence-electron chi connectivity index (χ4n) is 1.32. The van der Waals surface area contributed by atoms with Crippen LogP contribution in [-0.4, -0.2) is 18.2 Å². The highest BCUT2D eigenvalue weighted by molar-refractivity contribution is 8.13. The smallest absolute Gasteiger partial charge is 0.238 e. The lowest BCUT2D eigenvalue weighted by Gasteiger charge is -2.02. The first-order valence-corrected chi connectivity index (χ1v) is 7.41. The van der Waals surface area contributed by atoms with Crippen molar-refractivity contribution in [2.24, 2.45) is 0 Å². The molecule has 0 saturated heterocycles. The van der Waals surface area contributed by atoms with Gasteiger partial charge in [0.15, 0.2) is 0 Å². The van der Waals surface area contributed by atoms with Gasteiger partial charge in [-0.1, -0.05) is 18.5 Å². The van der Waals surface area contributed by atoms with E-state index in [-0.39, 0.29) is 5.75 Å². The van der Waals surface area contributed by atoms with E-state index in [0.29, 0.717) is 29.4 Å². The molecule has 0 unspecified atom stereocenters. The molecular formula is C8H12Cl2N2O2S. The molecule has 0 saturated carbocycles. The van der Waals surface area contributed by atoms with Crippen molar-refractivity contribution in [1.29, 1.82) is 0 Å². The molecule has 0 bridgehead atoms. The van der Waals surface area contributed by atoms with Crippen molar-refractivity contribution in [3.05, 3.63) is 16.4 Å². The third-order valence-electron chi connectivity index (χ3n) is 2.00. The zero-order chi connectivity index (χ0) is 11.6. The number of hydrogen-bond donors (Lipinski definition) is 0. The maximum atomic E-state index is 11.0. The molecule has 0 aliphatic heterocycles. The minimum Gasteiger partial charge on any atom is -0.267 e. The molecule has 1 rings (SSSR count). The van der Waals surface area contributed by atoms with E-state index < -0.39 is 9.05 Å². The molecule has 1 aromatic rings. The third-order valence-corrected chi connectivity index (χ3v) is 3.39. The number of aryl methyl sites for hydroxylation is 2. The summed E-state index contributed by atoms with van der Waals surface area (Å²) in [4.78, 5) is 0. The summed E-state index contributed by atoms with van der Waals surface area (Å²) in [5.74, 6) is -0.284. The van der Waals surface area contributed by atoms with Gasteiger partial charge in [0.25, 0.3) is 0 Å². The molecule has 86 valence electrons. The Kier molecular flexibility index (Phi) is 4.03. The van der Waals surface area contributed by atoms with Gasteiger partial charge in [-0.3, -0.25) is 4.68 Å². The third kappa shape index (κ3) is 3.09. The second-order valence-electron chi connectivity index (χ2n) is 3.06. The Balaban J connectivity index is 3.20. The maximum absolute atomic E-state index is 11.0. The van der Waals surface area contributed by atoms with Crippen LogP contribution < -0.4 is 0 Å². The first-order valence-electron chi connectivity index (χ1n) is 4.55. The molecule has 0 atom stereocenters. The fraction of sp³-hybridized carbons (Fsp3) is 0.625. The second kappa shape index (κ2) is 4.72. The molecule has 7 heteroatoms. The Hall–Kier alpha value is -0.260. The lowest BCUT2D eigenvalue weighted by Crippen LogP contribution is -2.06. The van der Waals surface area contributed by atoms with Crippen molar-refractivity contribution >= 4 is 31.3 Å². The number of aromatic nitrogens is 2. The van der Waals surface area contributed by atoms with Crippen LogP contribution in [0.2, 0.25) is 5.02 Å². The SMILES string of the molecule is CCc1nn(CC)c(CS(=O)(=O)Cl)c1Cl. The summed E-state index contributed by atoms with van der Waals surface area (Å²) in [6.45, 7) is 4.35. The number of nitrogens with zero attached hydrogens (tertiary/aromatic N) is 2. The number of halogens is 2. The molecule has 0 amide bonds. The Labute approximate surface area is 98.6 Å². The minimum absolute atomic E-state index is 0.284. The van der Waals surface area contributed by atoms with Crippen molar-refractivity contribution in [3.63, 3.8) is 0 Å². The van der Waals surface area contributed by atoms with Crippen molar-refractivity contribution in [1.82, 2.24) is 9.78 Å². The molecule has 1 aromatic heterocycles.